The molecule has 0 radical (unpaired) electrons. The predicted octanol–water partition coefficient (Wildman–Crippen LogP) is 5.48. The molecule has 5 rings (SSSR count). The number of hydrogen-bond donors (Lipinski definition) is 1. The van der Waals surface area contributed by atoms with Gasteiger partial charge in [-0.05, 0) is 43.7 Å². The van der Waals surface area contributed by atoms with Gasteiger partial charge in [-0.2, -0.15) is 0 Å². The summed E-state index contributed by atoms with van der Waals surface area (Å²) in [4.78, 5) is 13.4. The van der Waals surface area contributed by atoms with E-state index >= 15 is 4.39 Å². The van der Waals surface area contributed by atoms with E-state index in [0.29, 0.717) is 39.1 Å². The van der Waals surface area contributed by atoms with Gasteiger partial charge in [-0.25, -0.2) is 19.3 Å². The molecule has 8 heteroatoms. The Morgan fingerprint density at radius 1 is 1.06 bits per heavy atom. The Labute approximate surface area is 189 Å². The first-order chi connectivity index (χ1) is 15.3. The Bertz CT molecular complexity index is 1500. The zero-order valence-corrected chi connectivity index (χ0v) is 18.5. The molecule has 0 atom stereocenters. The Morgan fingerprint density at radius 2 is 1.84 bits per heavy atom. The van der Waals surface area contributed by atoms with E-state index in [4.69, 9.17) is 22.3 Å². The maximum Gasteiger partial charge on any atom is 0.151 e. The number of imidazole rings is 2. The lowest BCUT2D eigenvalue weighted by Crippen LogP contribution is -2.01. The van der Waals surface area contributed by atoms with Crippen LogP contribution in [-0.4, -0.2) is 24.1 Å². The molecule has 0 aliphatic heterocycles. The van der Waals surface area contributed by atoms with Crippen molar-refractivity contribution < 1.29 is 4.39 Å². The van der Waals surface area contributed by atoms with Gasteiger partial charge in [-0.3, -0.25) is 0 Å². The fourth-order valence-corrected chi connectivity index (χ4v) is 4.30. The summed E-state index contributed by atoms with van der Waals surface area (Å²) < 4.78 is 18.7. The molecule has 0 aliphatic rings. The summed E-state index contributed by atoms with van der Waals surface area (Å²) in [5.74, 6) is 0.621. The van der Waals surface area contributed by atoms with Crippen LogP contribution in [0.15, 0.2) is 55.0 Å². The number of nitrogen functional groups attached to an aromatic ring is 1. The molecule has 0 fully saturated rings. The summed E-state index contributed by atoms with van der Waals surface area (Å²) in [6.07, 6.45) is 3.38. The van der Waals surface area contributed by atoms with Crippen molar-refractivity contribution in [1.29, 1.82) is 0 Å². The second-order valence-electron chi connectivity index (χ2n) is 7.72. The molecule has 160 valence electrons. The van der Waals surface area contributed by atoms with Gasteiger partial charge in [0.1, 0.15) is 17.2 Å². The van der Waals surface area contributed by atoms with E-state index in [1.54, 1.807) is 23.2 Å². The first-order valence-electron chi connectivity index (χ1n) is 10.0. The monoisotopic (exact) mass is 446 g/mol. The van der Waals surface area contributed by atoms with Crippen molar-refractivity contribution in [3.8, 4) is 28.2 Å². The first kappa shape index (κ1) is 20.2. The van der Waals surface area contributed by atoms with Crippen LogP contribution < -0.4 is 5.73 Å². The van der Waals surface area contributed by atoms with Gasteiger partial charge >= 0.3 is 0 Å². The number of aromatic nitrogens is 5. The number of hydrogen-bond acceptors (Lipinski definition) is 4. The van der Waals surface area contributed by atoms with E-state index in [-0.39, 0.29) is 5.82 Å². The van der Waals surface area contributed by atoms with Gasteiger partial charge in [0.25, 0.3) is 0 Å². The lowest BCUT2D eigenvalue weighted by Gasteiger charge is -2.13. The molecule has 32 heavy (non-hydrogen) atoms. The molecule has 0 spiro atoms. The van der Waals surface area contributed by atoms with E-state index in [1.165, 1.54) is 6.07 Å². The minimum atomic E-state index is -0.363. The Kier molecular flexibility index (Phi) is 4.71. The lowest BCUT2D eigenvalue weighted by atomic mass is 10.0. The molecule has 0 bridgehead atoms. The zero-order valence-electron chi connectivity index (χ0n) is 17.8. The number of aryl methyl sites for hydroxylation is 3. The fraction of sp³-hybridized carbons (Fsp3) is 0.125. The van der Waals surface area contributed by atoms with Crippen LogP contribution in [0.25, 0.3) is 39.2 Å². The molecular formula is C24H20ClFN6. The maximum absolute atomic E-state index is 15.1. The minimum Gasteiger partial charge on any atom is -0.382 e. The smallest absolute Gasteiger partial charge is 0.151 e. The zero-order chi connectivity index (χ0) is 22.6. The number of rotatable bonds is 3. The standard InChI is InChI=1S/C24H20ClFN6/c1-13-11-32(12-28-13)19-9-8-15(10-18(19)26)20-14(2)29-23(27)21-22(20)31(3)24(30-21)16-6-4-5-7-17(16)25/h4-12H,1-3H3,(H2,27,29). The topological polar surface area (TPSA) is 74.6 Å². The van der Waals surface area contributed by atoms with Crippen molar-refractivity contribution in [3.05, 3.63) is 77.2 Å². The summed E-state index contributed by atoms with van der Waals surface area (Å²) in [6, 6.07) is 12.6. The third-order valence-corrected chi connectivity index (χ3v) is 5.90. The van der Waals surface area contributed by atoms with Crippen molar-refractivity contribution in [2.45, 2.75) is 13.8 Å². The lowest BCUT2D eigenvalue weighted by molar-refractivity contribution is 0.618. The highest BCUT2D eigenvalue weighted by Gasteiger charge is 2.21. The summed E-state index contributed by atoms with van der Waals surface area (Å²) in [5, 5.41) is 0.585. The average Bonchev–Trinajstić information content (AvgIpc) is 3.33. The second-order valence-corrected chi connectivity index (χ2v) is 8.12. The van der Waals surface area contributed by atoms with E-state index < -0.39 is 0 Å². The third kappa shape index (κ3) is 3.13. The molecular weight excluding hydrogens is 427 g/mol. The first-order valence-corrected chi connectivity index (χ1v) is 10.4. The number of anilines is 1. The van der Waals surface area contributed by atoms with Crippen molar-refractivity contribution in [2.75, 3.05) is 5.73 Å². The number of halogens is 2. The number of fused-ring (bicyclic) bond motifs is 1. The maximum atomic E-state index is 15.1. The fourth-order valence-electron chi connectivity index (χ4n) is 4.08. The van der Waals surface area contributed by atoms with Gasteiger partial charge in [-0.1, -0.05) is 29.8 Å². The van der Waals surface area contributed by atoms with E-state index in [9.17, 15) is 0 Å². The molecule has 6 nitrogen and oxygen atoms in total. The van der Waals surface area contributed by atoms with Crippen molar-refractivity contribution in [2.24, 2.45) is 7.05 Å². The quantitative estimate of drug-likeness (QED) is 0.398. The highest BCUT2D eigenvalue weighted by Crippen LogP contribution is 2.38. The van der Waals surface area contributed by atoms with E-state index in [2.05, 4.69) is 9.97 Å². The third-order valence-electron chi connectivity index (χ3n) is 5.57. The van der Waals surface area contributed by atoms with Crippen LogP contribution >= 0.6 is 11.6 Å². The number of nitrogens with two attached hydrogens (primary N) is 1. The number of benzene rings is 2. The van der Waals surface area contributed by atoms with E-state index in [0.717, 1.165) is 22.3 Å². The molecule has 3 aromatic heterocycles. The number of pyridine rings is 1. The number of nitrogens with zero attached hydrogens (tertiary/aromatic N) is 5. The highest BCUT2D eigenvalue weighted by molar-refractivity contribution is 6.33. The van der Waals surface area contributed by atoms with E-state index in [1.807, 2.05) is 55.8 Å². The van der Waals surface area contributed by atoms with Crippen LogP contribution in [-0.2, 0) is 7.05 Å². The summed E-state index contributed by atoms with van der Waals surface area (Å²) >= 11 is 6.43. The minimum absolute atomic E-state index is 0.320. The van der Waals surface area contributed by atoms with Gasteiger partial charge in [0.2, 0.25) is 0 Å². The molecule has 0 amide bonds. The second kappa shape index (κ2) is 7.46. The molecule has 0 saturated heterocycles. The van der Waals surface area contributed by atoms with Crippen LogP contribution in [0.1, 0.15) is 11.4 Å². The molecule has 3 heterocycles. The molecule has 0 unspecified atom stereocenters. The Morgan fingerprint density at radius 3 is 2.53 bits per heavy atom. The molecule has 5 aromatic rings. The van der Waals surface area contributed by atoms with Crippen LogP contribution in [0.5, 0.6) is 0 Å². The summed E-state index contributed by atoms with van der Waals surface area (Å²) in [6.45, 7) is 3.72. The average molecular weight is 447 g/mol. The molecule has 0 saturated carbocycles. The van der Waals surface area contributed by atoms with Crippen molar-refractivity contribution in [3.63, 3.8) is 0 Å². The normalized spacial score (nSPS) is 11.4. The van der Waals surface area contributed by atoms with Gasteiger partial charge in [0.05, 0.1) is 28.2 Å². The summed E-state index contributed by atoms with van der Waals surface area (Å²) in [7, 11) is 1.90. The Balaban J connectivity index is 1.74. The predicted molar refractivity (Wildman–Crippen MR) is 125 cm³/mol. The van der Waals surface area contributed by atoms with Gasteiger partial charge in [0.15, 0.2) is 5.82 Å². The largest absolute Gasteiger partial charge is 0.382 e. The van der Waals surface area contributed by atoms with Crippen molar-refractivity contribution >= 4 is 28.5 Å². The van der Waals surface area contributed by atoms with Crippen LogP contribution in [0, 0.1) is 19.7 Å². The SMILES string of the molecule is Cc1cn(-c2ccc(-c3c(C)nc(N)c4nc(-c5ccccc5Cl)n(C)c34)cc2F)cn1. The van der Waals surface area contributed by atoms with Crippen LogP contribution in [0.4, 0.5) is 10.2 Å². The molecule has 2 N–H and O–H groups in total. The van der Waals surface area contributed by atoms with Crippen LogP contribution in [0.3, 0.4) is 0 Å². The van der Waals surface area contributed by atoms with Gasteiger partial charge < -0.3 is 14.9 Å². The molecule has 0 aliphatic carbocycles. The van der Waals surface area contributed by atoms with Crippen molar-refractivity contribution in [1.82, 2.24) is 24.1 Å². The van der Waals surface area contributed by atoms with Gasteiger partial charge in [-0.15, -0.1) is 0 Å². The van der Waals surface area contributed by atoms with Crippen LogP contribution in [0.2, 0.25) is 5.02 Å². The summed E-state index contributed by atoms with van der Waals surface area (Å²) in [5.41, 5.74) is 11.7. The Hall–Kier alpha value is -3.71. The van der Waals surface area contributed by atoms with Gasteiger partial charge in [0, 0.05) is 30.1 Å². The highest BCUT2D eigenvalue weighted by atomic mass is 35.5. The molecule has 2 aromatic carbocycles.